The first kappa shape index (κ1) is 12.1. The maximum Gasteiger partial charge on any atom is 0.258 e. The molecule has 5 heteroatoms. The van der Waals surface area contributed by atoms with E-state index in [1.165, 1.54) is 0 Å². The molecule has 0 aliphatic heterocycles. The third-order valence-corrected chi connectivity index (χ3v) is 2.44. The van der Waals surface area contributed by atoms with Gasteiger partial charge in [-0.25, -0.2) is 0 Å². The highest BCUT2D eigenvalue weighted by molar-refractivity contribution is 6.30. The smallest absolute Gasteiger partial charge is 0.258 e. The van der Waals surface area contributed by atoms with Gasteiger partial charge >= 0.3 is 0 Å². The molecule has 0 amide bonds. The Morgan fingerprint density at radius 1 is 1.41 bits per heavy atom. The van der Waals surface area contributed by atoms with Crippen LogP contribution in [0.1, 0.15) is 19.7 Å². The number of hydrogen-bond donors (Lipinski definition) is 1. The molecule has 0 saturated heterocycles. The molecular weight excluding hydrogens is 238 g/mol. The molecule has 1 aromatic carbocycles. The van der Waals surface area contributed by atoms with Crippen LogP contribution in [0.15, 0.2) is 28.8 Å². The summed E-state index contributed by atoms with van der Waals surface area (Å²) in [7, 11) is 0. The highest BCUT2D eigenvalue weighted by Crippen LogP contribution is 2.20. The average molecular weight is 252 g/mol. The van der Waals surface area contributed by atoms with Gasteiger partial charge in [-0.15, -0.1) is 0 Å². The van der Waals surface area contributed by atoms with Crippen LogP contribution in [0.25, 0.3) is 11.5 Å². The zero-order valence-corrected chi connectivity index (χ0v) is 10.5. The molecule has 0 aliphatic carbocycles. The summed E-state index contributed by atoms with van der Waals surface area (Å²) < 4.78 is 5.18. The normalized spacial score (nSPS) is 11.1. The standard InChI is InChI=1S/C12H14ClN3O/c1-8(2)14-7-11-15-12(17-16-11)9-4-3-5-10(13)6-9/h3-6,8,14H,7H2,1-2H3. The van der Waals surface area contributed by atoms with Gasteiger partial charge in [0.2, 0.25) is 0 Å². The van der Waals surface area contributed by atoms with Gasteiger partial charge in [0.1, 0.15) is 0 Å². The van der Waals surface area contributed by atoms with E-state index in [0.717, 1.165) is 5.56 Å². The van der Waals surface area contributed by atoms with Crippen LogP contribution in [0, 0.1) is 0 Å². The fourth-order valence-corrected chi connectivity index (χ4v) is 1.55. The SMILES string of the molecule is CC(C)NCc1noc(-c2cccc(Cl)c2)n1. The van der Waals surface area contributed by atoms with E-state index in [-0.39, 0.29) is 0 Å². The molecule has 0 bridgehead atoms. The van der Waals surface area contributed by atoms with Crippen LogP contribution in [0.3, 0.4) is 0 Å². The van der Waals surface area contributed by atoms with Crippen molar-refractivity contribution in [1.29, 1.82) is 0 Å². The molecule has 0 radical (unpaired) electrons. The zero-order valence-electron chi connectivity index (χ0n) is 9.77. The lowest BCUT2D eigenvalue weighted by Gasteiger charge is -2.03. The molecule has 0 saturated carbocycles. The number of aromatic nitrogens is 2. The van der Waals surface area contributed by atoms with Crippen molar-refractivity contribution in [3.63, 3.8) is 0 Å². The molecule has 17 heavy (non-hydrogen) atoms. The molecular formula is C12H14ClN3O. The minimum atomic E-state index is 0.392. The summed E-state index contributed by atoms with van der Waals surface area (Å²) in [4.78, 5) is 4.29. The molecule has 2 aromatic rings. The first-order valence-corrected chi connectivity index (χ1v) is 5.85. The Labute approximate surface area is 105 Å². The molecule has 0 spiro atoms. The van der Waals surface area contributed by atoms with Gasteiger partial charge in [-0.1, -0.05) is 36.7 Å². The molecule has 0 unspecified atom stereocenters. The van der Waals surface area contributed by atoms with Crippen LogP contribution in [-0.4, -0.2) is 16.2 Å². The van der Waals surface area contributed by atoms with Gasteiger partial charge in [0, 0.05) is 16.6 Å². The van der Waals surface area contributed by atoms with Crippen molar-refractivity contribution in [3.8, 4) is 11.5 Å². The van der Waals surface area contributed by atoms with Crippen LogP contribution in [-0.2, 0) is 6.54 Å². The monoisotopic (exact) mass is 251 g/mol. The number of halogens is 1. The van der Waals surface area contributed by atoms with Gasteiger partial charge in [-0.3, -0.25) is 0 Å². The second-order valence-corrected chi connectivity index (χ2v) is 4.50. The Balaban J connectivity index is 2.12. The third kappa shape index (κ3) is 3.28. The molecule has 2 rings (SSSR count). The Morgan fingerprint density at radius 3 is 2.94 bits per heavy atom. The summed E-state index contributed by atoms with van der Waals surface area (Å²) >= 11 is 5.90. The summed E-state index contributed by atoms with van der Waals surface area (Å²) in [5.74, 6) is 1.14. The largest absolute Gasteiger partial charge is 0.334 e. The summed E-state index contributed by atoms with van der Waals surface area (Å²) in [6.45, 7) is 4.73. The van der Waals surface area contributed by atoms with Crippen LogP contribution in [0.5, 0.6) is 0 Å². The molecule has 90 valence electrons. The second-order valence-electron chi connectivity index (χ2n) is 4.06. The summed E-state index contributed by atoms with van der Waals surface area (Å²) in [6, 6.07) is 7.74. The lowest BCUT2D eigenvalue weighted by atomic mass is 10.2. The molecule has 0 aliphatic rings. The van der Waals surface area contributed by atoms with Gasteiger partial charge in [0.05, 0.1) is 6.54 Å². The summed E-state index contributed by atoms with van der Waals surface area (Å²) in [6.07, 6.45) is 0. The molecule has 1 aromatic heterocycles. The third-order valence-electron chi connectivity index (χ3n) is 2.21. The fourth-order valence-electron chi connectivity index (χ4n) is 1.36. The fraction of sp³-hybridized carbons (Fsp3) is 0.333. The minimum Gasteiger partial charge on any atom is -0.334 e. The van der Waals surface area contributed by atoms with Gasteiger partial charge in [-0.05, 0) is 18.2 Å². The first-order chi connectivity index (χ1) is 8.15. The molecule has 4 nitrogen and oxygen atoms in total. The van der Waals surface area contributed by atoms with Crippen molar-refractivity contribution < 1.29 is 4.52 Å². The lowest BCUT2D eigenvalue weighted by molar-refractivity contribution is 0.417. The van der Waals surface area contributed by atoms with E-state index >= 15 is 0 Å². The molecule has 1 heterocycles. The Hall–Kier alpha value is -1.39. The van der Waals surface area contributed by atoms with Crippen molar-refractivity contribution in [1.82, 2.24) is 15.5 Å². The number of benzene rings is 1. The van der Waals surface area contributed by atoms with Gasteiger partial charge in [0.25, 0.3) is 5.89 Å². The van der Waals surface area contributed by atoms with Crippen LogP contribution < -0.4 is 5.32 Å². The summed E-state index contributed by atoms with van der Waals surface area (Å²) in [5, 5.41) is 7.78. The number of hydrogen-bond acceptors (Lipinski definition) is 4. The van der Waals surface area contributed by atoms with Crippen molar-refractivity contribution in [2.75, 3.05) is 0 Å². The highest BCUT2D eigenvalue weighted by atomic mass is 35.5. The summed E-state index contributed by atoms with van der Waals surface area (Å²) in [5.41, 5.74) is 0.834. The van der Waals surface area contributed by atoms with E-state index < -0.39 is 0 Å². The average Bonchev–Trinajstić information content (AvgIpc) is 2.75. The maximum absolute atomic E-state index is 5.90. The van der Waals surface area contributed by atoms with E-state index in [9.17, 15) is 0 Å². The van der Waals surface area contributed by atoms with E-state index in [1.54, 1.807) is 6.07 Å². The van der Waals surface area contributed by atoms with E-state index in [1.807, 2.05) is 18.2 Å². The number of rotatable bonds is 4. The Bertz CT molecular complexity index is 496. The predicted octanol–water partition coefficient (Wildman–Crippen LogP) is 2.89. The second kappa shape index (κ2) is 5.29. The Morgan fingerprint density at radius 2 is 2.24 bits per heavy atom. The predicted molar refractivity (Wildman–Crippen MR) is 66.7 cm³/mol. The molecule has 1 N–H and O–H groups in total. The van der Waals surface area contributed by atoms with E-state index in [2.05, 4.69) is 29.3 Å². The lowest BCUT2D eigenvalue weighted by Crippen LogP contribution is -2.22. The van der Waals surface area contributed by atoms with Gasteiger partial charge in [0.15, 0.2) is 5.82 Å². The quantitative estimate of drug-likeness (QED) is 0.908. The van der Waals surface area contributed by atoms with Crippen molar-refractivity contribution >= 4 is 11.6 Å². The highest BCUT2D eigenvalue weighted by Gasteiger charge is 2.08. The number of nitrogens with one attached hydrogen (secondary N) is 1. The Kier molecular flexibility index (Phi) is 3.76. The molecule has 0 fully saturated rings. The van der Waals surface area contributed by atoms with Crippen LogP contribution >= 0.6 is 11.6 Å². The zero-order chi connectivity index (χ0) is 12.3. The van der Waals surface area contributed by atoms with E-state index in [4.69, 9.17) is 16.1 Å². The van der Waals surface area contributed by atoms with Crippen LogP contribution in [0.2, 0.25) is 5.02 Å². The van der Waals surface area contributed by atoms with Crippen molar-refractivity contribution in [2.45, 2.75) is 26.4 Å². The maximum atomic E-state index is 5.90. The van der Waals surface area contributed by atoms with Crippen LogP contribution in [0.4, 0.5) is 0 Å². The topological polar surface area (TPSA) is 51.0 Å². The molecule has 0 atom stereocenters. The van der Waals surface area contributed by atoms with Crippen molar-refractivity contribution in [3.05, 3.63) is 35.1 Å². The first-order valence-electron chi connectivity index (χ1n) is 5.47. The van der Waals surface area contributed by atoms with Gasteiger partial charge < -0.3 is 9.84 Å². The number of nitrogens with zero attached hydrogens (tertiary/aromatic N) is 2. The van der Waals surface area contributed by atoms with E-state index in [0.29, 0.717) is 29.3 Å². The van der Waals surface area contributed by atoms with Crippen molar-refractivity contribution in [2.24, 2.45) is 0 Å². The minimum absolute atomic E-state index is 0.392. The van der Waals surface area contributed by atoms with Gasteiger partial charge in [-0.2, -0.15) is 4.98 Å².